The number of thiophene rings is 1. The standard InChI is InChI=1S/C16H17N7OS/c24-16(10-13-2-1-9-25-13)22-7-5-21(6-8-22)14-3-4-15(20-19-14)23-12-17-11-18-23/h1-4,9,11-12H,5-8,10H2. The van der Waals surface area contributed by atoms with E-state index in [1.54, 1.807) is 22.3 Å². The van der Waals surface area contributed by atoms with Gasteiger partial charge in [-0.05, 0) is 23.6 Å². The highest BCUT2D eigenvalue weighted by Gasteiger charge is 2.22. The molecule has 3 aromatic heterocycles. The zero-order valence-electron chi connectivity index (χ0n) is 13.5. The average molecular weight is 355 g/mol. The third kappa shape index (κ3) is 3.50. The van der Waals surface area contributed by atoms with Gasteiger partial charge in [0.25, 0.3) is 0 Å². The van der Waals surface area contributed by atoms with E-state index in [9.17, 15) is 4.79 Å². The van der Waals surface area contributed by atoms with Gasteiger partial charge in [0.1, 0.15) is 12.7 Å². The molecule has 4 rings (SSSR count). The molecule has 0 aliphatic carbocycles. The summed E-state index contributed by atoms with van der Waals surface area (Å²) < 4.78 is 1.57. The maximum atomic E-state index is 12.4. The third-order valence-corrected chi connectivity index (χ3v) is 5.03. The van der Waals surface area contributed by atoms with Crippen molar-refractivity contribution in [2.24, 2.45) is 0 Å². The van der Waals surface area contributed by atoms with Crippen LogP contribution in [0.25, 0.3) is 5.82 Å². The SMILES string of the molecule is O=C(Cc1cccs1)N1CCN(c2ccc(-n3cncn3)nn2)CC1. The number of aromatic nitrogens is 5. The van der Waals surface area contributed by atoms with Gasteiger partial charge in [-0.2, -0.15) is 5.10 Å². The van der Waals surface area contributed by atoms with Crippen LogP contribution in [0.4, 0.5) is 5.82 Å². The first-order chi connectivity index (χ1) is 12.3. The Morgan fingerprint density at radius 3 is 2.52 bits per heavy atom. The Kier molecular flexibility index (Phi) is 4.38. The minimum absolute atomic E-state index is 0.190. The molecule has 4 heterocycles. The molecule has 1 saturated heterocycles. The van der Waals surface area contributed by atoms with Crippen molar-refractivity contribution in [3.63, 3.8) is 0 Å². The Bertz CT molecular complexity index is 809. The van der Waals surface area contributed by atoms with Crippen molar-refractivity contribution in [2.75, 3.05) is 31.1 Å². The number of hydrogen-bond acceptors (Lipinski definition) is 7. The van der Waals surface area contributed by atoms with E-state index in [0.29, 0.717) is 25.3 Å². The normalized spacial score (nSPS) is 14.7. The van der Waals surface area contributed by atoms with Crippen LogP contribution in [0.15, 0.2) is 42.3 Å². The fraction of sp³-hybridized carbons (Fsp3) is 0.312. The zero-order chi connectivity index (χ0) is 17.1. The molecule has 1 fully saturated rings. The van der Waals surface area contributed by atoms with Crippen molar-refractivity contribution in [2.45, 2.75) is 6.42 Å². The van der Waals surface area contributed by atoms with Gasteiger partial charge in [-0.1, -0.05) is 6.07 Å². The van der Waals surface area contributed by atoms with Crippen LogP contribution in [0.5, 0.6) is 0 Å². The predicted octanol–water partition coefficient (Wildman–Crippen LogP) is 1.01. The number of piperazine rings is 1. The monoisotopic (exact) mass is 355 g/mol. The second-order valence-corrected chi connectivity index (χ2v) is 6.75. The number of nitrogens with zero attached hydrogens (tertiary/aromatic N) is 7. The molecule has 0 saturated carbocycles. The zero-order valence-corrected chi connectivity index (χ0v) is 14.3. The summed E-state index contributed by atoms with van der Waals surface area (Å²) in [6.07, 6.45) is 3.54. The molecule has 3 aromatic rings. The van der Waals surface area contributed by atoms with E-state index in [4.69, 9.17) is 0 Å². The summed E-state index contributed by atoms with van der Waals surface area (Å²) >= 11 is 1.63. The molecule has 0 unspecified atom stereocenters. The second-order valence-electron chi connectivity index (χ2n) is 5.71. The molecule has 1 aliphatic rings. The summed E-state index contributed by atoms with van der Waals surface area (Å²) in [5, 5.41) is 14.5. The number of hydrogen-bond donors (Lipinski definition) is 0. The molecule has 1 aliphatic heterocycles. The molecule has 8 nitrogen and oxygen atoms in total. The number of carbonyl (C=O) groups is 1. The van der Waals surface area contributed by atoms with Crippen LogP contribution in [0.2, 0.25) is 0 Å². The minimum atomic E-state index is 0.190. The van der Waals surface area contributed by atoms with Crippen LogP contribution < -0.4 is 4.90 Å². The molecule has 0 aromatic carbocycles. The lowest BCUT2D eigenvalue weighted by Gasteiger charge is -2.35. The van der Waals surface area contributed by atoms with Crippen molar-refractivity contribution in [1.29, 1.82) is 0 Å². The lowest BCUT2D eigenvalue weighted by atomic mass is 10.2. The fourth-order valence-corrected chi connectivity index (χ4v) is 3.49. The van der Waals surface area contributed by atoms with Gasteiger partial charge in [0, 0.05) is 31.1 Å². The highest BCUT2D eigenvalue weighted by molar-refractivity contribution is 7.10. The van der Waals surface area contributed by atoms with E-state index in [2.05, 4.69) is 25.2 Å². The summed E-state index contributed by atoms with van der Waals surface area (Å²) in [6.45, 7) is 2.93. The first-order valence-electron chi connectivity index (χ1n) is 8.03. The molecule has 25 heavy (non-hydrogen) atoms. The van der Waals surface area contributed by atoms with Crippen LogP contribution in [-0.2, 0) is 11.2 Å². The van der Waals surface area contributed by atoms with Crippen LogP contribution in [0, 0.1) is 0 Å². The molecule has 0 bridgehead atoms. The van der Waals surface area contributed by atoms with E-state index in [0.717, 1.165) is 23.8 Å². The molecule has 0 N–H and O–H groups in total. The van der Waals surface area contributed by atoms with Gasteiger partial charge in [-0.25, -0.2) is 9.67 Å². The third-order valence-electron chi connectivity index (χ3n) is 4.15. The predicted molar refractivity (Wildman–Crippen MR) is 93.8 cm³/mol. The summed E-state index contributed by atoms with van der Waals surface area (Å²) in [4.78, 5) is 21.4. The first kappa shape index (κ1) is 15.7. The van der Waals surface area contributed by atoms with Crippen molar-refractivity contribution in [3.8, 4) is 5.82 Å². The van der Waals surface area contributed by atoms with Crippen molar-refractivity contribution < 1.29 is 4.79 Å². The quantitative estimate of drug-likeness (QED) is 0.695. The van der Waals surface area contributed by atoms with E-state index >= 15 is 0 Å². The molecule has 128 valence electrons. The van der Waals surface area contributed by atoms with Gasteiger partial charge < -0.3 is 9.80 Å². The minimum Gasteiger partial charge on any atom is -0.352 e. The van der Waals surface area contributed by atoms with Crippen molar-refractivity contribution >= 4 is 23.1 Å². The molecule has 9 heteroatoms. The Labute approximate surface area is 148 Å². The lowest BCUT2D eigenvalue weighted by Crippen LogP contribution is -2.49. The van der Waals surface area contributed by atoms with Gasteiger partial charge in [0.05, 0.1) is 6.42 Å². The Morgan fingerprint density at radius 1 is 1.08 bits per heavy atom. The molecule has 1 amide bonds. The summed E-state index contributed by atoms with van der Waals surface area (Å²) in [6, 6.07) is 7.77. The summed E-state index contributed by atoms with van der Waals surface area (Å²) in [5.41, 5.74) is 0. The number of carbonyl (C=O) groups excluding carboxylic acids is 1. The van der Waals surface area contributed by atoms with Gasteiger partial charge in [-0.15, -0.1) is 21.5 Å². The summed E-state index contributed by atoms with van der Waals surface area (Å²) in [7, 11) is 0. The smallest absolute Gasteiger partial charge is 0.227 e. The molecular formula is C16H17N7OS. The maximum absolute atomic E-state index is 12.4. The second kappa shape index (κ2) is 6.98. The highest BCUT2D eigenvalue weighted by Crippen LogP contribution is 2.16. The first-order valence-corrected chi connectivity index (χ1v) is 8.91. The lowest BCUT2D eigenvalue weighted by molar-refractivity contribution is -0.130. The molecule has 0 spiro atoms. The van der Waals surface area contributed by atoms with Crippen molar-refractivity contribution in [3.05, 3.63) is 47.2 Å². The number of rotatable bonds is 4. The Hall–Kier alpha value is -2.81. The van der Waals surface area contributed by atoms with E-state index in [1.807, 2.05) is 34.5 Å². The molecule has 0 radical (unpaired) electrons. The van der Waals surface area contributed by atoms with Crippen LogP contribution in [-0.4, -0.2) is 61.9 Å². The van der Waals surface area contributed by atoms with Crippen LogP contribution in [0.3, 0.4) is 0 Å². The van der Waals surface area contributed by atoms with Crippen molar-refractivity contribution in [1.82, 2.24) is 29.9 Å². The maximum Gasteiger partial charge on any atom is 0.227 e. The van der Waals surface area contributed by atoms with E-state index < -0.39 is 0 Å². The van der Waals surface area contributed by atoms with Gasteiger partial charge in [0.2, 0.25) is 5.91 Å². The van der Waals surface area contributed by atoms with Crippen LogP contribution >= 0.6 is 11.3 Å². The molecular weight excluding hydrogens is 338 g/mol. The Balaban J connectivity index is 1.34. The number of anilines is 1. The van der Waals surface area contributed by atoms with Gasteiger partial charge in [-0.3, -0.25) is 4.79 Å². The number of amides is 1. The van der Waals surface area contributed by atoms with Crippen LogP contribution in [0.1, 0.15) is 4.88 Å². The van der Waals surface area contributed by atoms with Gasteiger partial charge >= 0.3 is 0 Å². The topological polar surface area (TPSA) is 80.0 Å². The largest absolute Gasteiger partial charge is 0.352 e. The highest BCUT2D eigenvalue weighted by atomic mass is 32.1. The Morgan fingerprint density at radius 2 is 1.88 bits per heavy atom. The van der Waals surface area contributed by atoms with E-state index in [-0.39, 0.29) is 5.91 Å². The fourth-order valence-electron chi connectivity index (χ4n) is 2.79. The summed E-state index contributed by atoms with van der Waals surface area (Å²) in [5.74, 6) is 1.63. The average Bonchev–Trinajstić information content (AvgIpc) is 3.36. The molecule has 0 atom stereocenters. The van der Waals surface area contributed by atoms with E-state index in [1.165, 1.54) is 6.33 Å². The van der Waals surface area contributed by atoms with Gasteiger partial charge in [0.15, 0.2) is 11.6 Å².